The second kappa shape index (κ2) is 8.53. The molecule has 0 spiro atoms. The zero-order chi connectivity index (χ0) is 20.3. The molecule has 4 heteroatoms. The minimum Gasteiger partial charge on any atom is -0.315 e. The van der Waals surface area contributed by atoms with Crippen LogP contribution < -0.4 is 4.90 Å². The first-order valence-electron chi connectivity index (χ1n) is 9.70. The molecular weight excluding hydrogens is 348 g/mol. The minimum atomic E-state index is -0.445. The Morgan fingerprint density at radius 3 is 2.39 bits per heavy atom. The molecule has 0 radical (unpaired) electrons. The molecule has 1 aliphatic heterocycles. The Kier molecular flexibility index (Phi) is 6.10. The Balaban J connectivity index is 1.91. The van der Waals surface area contributed by atoms with Crippen LogP contribution in [0.4, 0.5) is 5.69 Å². The molecule has 3 rings (SSSR count). The number of para-hydroxylation sites is 1. The summed E-state index contributed by atoms with van der Waals surface area (Å²) in [5, 5.41) is 0. The third kappa shape index (κ3) is 3.65. The normalized spacial score (nSPS) is 24.7. The lowest BCUT2D eigenvalue weighted by molar-refractivity contribution is -0.126. The molecular formula is C24H28N2O2. The van der Waals surface area contributed by atoms with Crippen LogP contribution in [0.25, 0.3) is 0 Å². The summed E-state index contributed by atoms with van der Waals surface area (Å²) in [6.45, 7) is 8.80. The second-order valence-corrected chi connectivity index (χ2v) is 7.54. The summed E-state index contributed by atoms with van der Waals surface area (Å²) in [6, 6.07) is 17.5. The summed E-state index contributed by atoms with van der Waals surface area (Å²) < 4.78 is 0. The van der Waals surface area contributed by atoms with Crippen molar-refractivity contribution >= 4 is 17.9 Å². The number of carbonyl (C=O) groups excluding carboxylic acids is 2. The van der Waals surface area contributed by atoms with Crippen LogP contribution in [0, 0.1) is 18.8 Å². The van der Waals surface area contributed by atoms with E-state index in [1.54, 1.807) is 11.9 Å². The Bertz CT molecular complexity index is 849. The van der Waals surface area contributed by atoms with Gasteiger partial charge in [0.2, 0.25) is 5.91 Å². The van der Waals surface area contributed by atoms with Crippen LogP contribution in [-0.4, -0.2) is 36.2 Å². The van der Waals surface area contributed by atoms with Crippen LogP contribution in [0.3, 0.4) is 0 Å². The average molecular weight is 377 g/mol. The Labute approximate surface area is 167 Å². The molecule has 0 aromatic heterocycles. The first-order chi connectivity index (χ1) is 13.5. The molecule has 0 saturated carbocycles. The molecule has 1 amide bonds. The smallest absolute Gasteiger partial charge is 0.232 e. The van der Waals surface area contributed by atoms with Gasteiger partial charge in [0.05, 0.1) is 5.92 Å². The average Bonchev–Trinajstić information content (AvgIpc) is 3.00. The predicted molar refractivity (Wildman–Crippen MR) is 113 cm³/mol. The van der Waals surface area contributed by atoms with E-state index in [-0.39, 0.29) is 23.9 Å². The fourth-order valence-corrected chi connectivity index (χ4v) is 4.25. The van der Waals surface area contributed by atoms with Crippen LogP contribution in [0.5, 0.6) is 0 Å². The van der Waals surface area contributed by atoms with Crippen molar-refractivity contribution in [2.45, 2.75) is 32.5 Å². The molecule has 0 aliphatic carbocycles. The number of hydrogen-bond acceptors (Lipinski definition) is 3. The summed E-state index contributed by atoms with van der Waals surface area (Å²) >= 11 is 0. The number of aldehydes is 1. The Morgan fingerprint density at radius 2 is 1.79 bits per heavy atom. The Morgan fingerprint density at radius 1 is 1.14 bits per heavy atom. The molecule has 1 aliphatic rings. The predicted octanol–water partition coefficient (Wildman–Crippen LogP) is 3.85. The number of likely N-dealkylation sites (tertiary alicyclic amines) is 1. The maximum atomic E-state index is 13.4. The molecule has 146 valence electrons. The third-order valence-corrected chi connectivity index (χ3v) is 6.02. The van der Waals surface area contributed by atoms with Gasteiger partial charge in [-0.05, 0) is 37.1 Å². The highest BCUT2D eigenvalue weighted by atomic mass is 16.2. The van der Waals surface area contributed by atoms with E-state index in [4.69, 9.17) is 0 Å². The highest BCUT2D eigenvalue weighted by Crippen LogP contribution is 2.38. The maximum absolute atomic E-state index is 13.4. The van der Waals surface area contributed by atoms with Gasteiger partial charge in [-0.15, -0.1) is 6.58 Å². The number of nitrogens with zero attached hydrogens (tertiary/aromatic N) is 2. The number of amides is 1. The van der Waals surface area contributed by atoms with Gasteiger partial charge in [0, 0.05) is 37.3 Å². The quantitative estimate of drug-likeness (QED) is 0.568. The van der Waals surface area contributed by atoms with Crippen LogP contribution in [0.15, 0.2) is 67.3 Å². The molecule has 4 nitrogen and oxygen atoms in total. The standard InChI is InChI=1S/C24H28N2O2/c1-5-22-23(24(28)25(4)20-13-7-6-8-14-20)21(16-27)18(3)26(22)15-19-12-10-9-11-17(19)2/h5-14,16,18,21-23H,1,15H2,2-4H3. The minimum absolute atomic E-state index is 0.0433. The lowest BCUT2D eigenvalue weighted by atomic mass is 9.87. The number of rotatable bonds is 6. The second-order valence-electron chi connectivity index (χ2n) is 7.54. The molecule has 1 saturated heterocycles. The summed E-state index contributed by atoms with van der Waals surface area (Å²) in [7, 11) is 1.77. The van der Waals surface area contributed by atoms with Crippen LogP contribution in [0.1, 0.15) is 18.1 Å². The van der Waals surface area contributed by atoms with Gasteiger partial charge in [0.25, 0.3) is 0 Å². The van der Waals surface area contributed by atoms with E-state index in [1.165, 1.54) is 11.1 Å². The van der Waals surface area contributed by atoms with Crippen molar-refractivity contribution in [3.63, 3.8) is 0 Å². The van der Waals surface area contributed by atoms with Crippen molar-refractivity contribution in [1.29, 1.82) is 0 Å². The van der Waals surface area contributed by atoms with Gasteiger partial charge in [-0.2, -0.15) is 0 Å². The van der Waals surface area contributed by atoms with Crippen molar-refractivity contribution < 1.29 is 9.59 Å². The fraction of sp³-hybridized carbons (Fsp3) is 0.333. The molecule has 0 bridgehead atoms. The van der Waals surface area contributed by atoms with E-state index in [2.05, 4.69) is 30.5 Å². The van der Waals surface area contributed by atoms with Crippen molar-refractivity contribution in [2.75, 3.05) is 11.9 Å². The van der Waals surface area contributed by atoms with E-state index in [1.807, 2.05) is 55.5 Å². The van der Waals surface area contributed by atoms with Crippen molar-refractivity contribution in [3.8, 4) is 0 Å². The third-order valence-electron chi connectivity index (χ3n) is 6.02. The lowest BCUT2D eigenvalue weighted by Crippen LogP contribution is -2.41. The summed E-state index contributed by atoms with van der Waals surface area (Å²) in [6.07, 6.45) is 2.76. The largest absolute Gasteiger partial charge is 0.315 e. The zero-order valence-corrected chi connectivity index (χ0v) is 16.8. The summed E-state index contributed by atoms with van der Waals surface area (Å²) in [4.78, 5) is 29.3. The van der Waals surface area contributed by atoms with Crippen LogP contribution in [-0.2, 0) is 16.1 Å². The zero-order valence-electron chi connectivity index (χ0n) is 16.8. The summed E-state index contributed by atoms with van der Waals surface area (Å²) in [5.74, 6) is -0.864. The topological polar surface area (TPSA) is 40.6 Å². The number of benzene rings is 2. The van der Waals surface area contributed by atoms with Crippen molar-refractivity contribution in [2.24, 2.45) is 11.8 Å². The van der Waals surface area contributed by atoms with Gasteiger partial charge >= 0.3 is 0 Å². The number of carbonyl (C=O) groups is 2. The highest BCUT2D eigenvalue weighted by molar-refractivity contribution is 5.97. The fourth-order valence-electron chi connectivity index (χ4n) is 4.25. The molecule has 2 aromatic rings. The van der Waals surface area contributed by atoms with E-state index in [9.17, 15) is 9.59 Å². The number of hydrogen-bond donors (Lipinski definition) is 0. The first-order valence-corrected chi connectivity index (χ1v) is 9.70. The summed E-state index contributed by atoms with van der Waals surface area (Å²) in [5.41, 5.74) is 3.23. The maximum Gasteiger partial charge on any atom is 0.232 e. The van der Waals surface area contributed by atoms with Crippen molar-refractivity contribution in [3.05, 3.63) is 78.4 Å². The Hall–Kier alpha value is -2.72. The van der Waals surface area contributed by atoms with Gasteiger partial charge in [-0.1, -0.05) is 48.5 Å². The van der Waals surface area contributed by atoms with E-state index >= 15 is 0 Å². The number of aryl methyl sites for hydroxylation is 1. The molecule has 1 fully saturated rings. The monoisotopic (exact) mass is 376 g/mol. The van der Waals surface area contributed by atoms with Gasteiger partial charge in [-0.25, -0.2) is 0 Å². The molecule has 28 heavy (non-hydrogen) atoms. The highest BCUT2D eigenvalue weighted by Gasteiger charge is 2.49. The van der Waals surface area contributed by atoms with Crippen molar-refractivity contribution in [1.82, 2.24) is 4.90 Å². The van der Waals surface area contributed by atoms with Gasteiger partial charge in [-0.3, -0.25) is 9.69 Å². The van der Waals surface area contributed by atoms with Gasteiger partial charge in [0.15, 0.2) is 0 Å². The van der Waals surface area contributed by atoms with Gasteiger partial charge in [0.1, 0.15) is 6.29 Å². The SMILES string of the molecule is C=CC1C(C(=O)N(C)c2ccccc2)C(C=O)C(C)N1Cc1ccccc1C. The number of anilines is 1. The molecule has 1 heterocycles. The van der Waals surface area contributed by atoms with E-state index < -0.39 is 5.92 Å². The van der Waals surface area contributed by atoms with Crippen LogP contribution in [0.2, 0.25) is 0 Å². The van der Waals surface area contributed by atoms with Crippen LogP contribution >= 0.6 is 0 Å². The van der Waals surface area contributed by atoms with E-state index in [0.29, 0.717) is 6.54 Å². The molecule has 0 N–H and O–H groups in total. The molecule has 2 aromatic carbocycles. The van der Waals surface area contributed by atoms with Gasteiger partial charge < -0.3 is 9.69 Å². The first kappa shape index (κ1) is 20.0. The lowest BCUT2D eigenvalue weighted by Gasteiger charge is -2.29. The molecule has 4 unspecified atom stereocenters. The van der Waals surface area contributed by atoms with E-state index in [0.717, 1.165) is 12.0 Å². The molecule has 4 atom stereocenters.